The van der Waals surface area contributed by atoms with Gasteiger partial charge in [0.2, 0.25) is 5.91 Å². The average Bonchev–Trinajstić information content (AvgIpc) is 2.35. The predicted octanol–water partition coefficient (Wildman–Crippen LogP) is 1.57. The van der Waals surface area contributed by atoms with Crippen molar-refractivity contribution >= 4 is 17.3 Å². The molecule has 0 aromatic heterocycles. The van der Waals surface area contributed by atoms with Crippen LogP contribution >= 0.6 is 0 Å². The van der Waals surface area contributed by atoms with Gasteiger partial charge in [0.15, 0.2) is 0 Å². The van der Waals surface area contributed by atoms with E-state index in [1.54, 1.807) is 4.90 Å². The summed E-state index contributed by atoms with van der Waals surface area (Å²) in [5.41, 5.74) is 7.41. The minimum Gasteiger partial charge on any atom is -0.399 e. The van der Waals surface area contributed by atoms with Crippen molar-refractivity contribution in [2.24, 2.45) is 0 Å². The Bertz CT molecular complexity index is 361. The summed E-state index contributed by atoms with van der Waals surface area (Å²) in [6.45, 7) is 5.95. The van der Waals surface area contributed by atoms with Gasteiger partial charge in [-0.05, 0) is 38.1 Å². The highest BCUT2D eigenvalue weighted by Crippen LogP contribution is 2.15. The SMILES string of the molecule is CCN(C)C(=O)CN(CC)c1ccc(N)cc1. The Kier molecular flexibility index (Phi) is 4.82. The van der Waals surface area contributed by atoms with Gasteiger partial charge in [-0.15, -0.1) is 0 Å². The fraction of sp³-hybridized carbons (Fsp3) is 0.462. The van der Waals surface area contributed by atoms with Gasteiger partial charge >= 0.3 is 0 Å². The molecule has 4 heteroatoms. The third-order valence-corrected chi connectivity index (χ3v) is 2.87. The molecule has 0 spiro atoms. The number of benzene rings is 1. The first-order valence-corrected chi connectivity index (χ1v) is 5.93. The number of anilines is 2. The van der Waals surface area contributed by atoms with Crippen molar-refractivity contribution in [2.45, 2.75) is 13.8 Å². The topological polar surface area (TPSA) is 49.6 Å². The molecule has 0 aliphatic carbocycles. The highest BCUT2D eigenvalue weighted by Gasteiger charge is 2.12. The van der Waals surface area contributed by atoms with Gasteiger partial charge < -0.3 is 15.5 Å². The lowest BCUT2D eigenvalue weighted by Gasteiger charge is -2.25. The summed E-state index contributed by atoms with van der Waals surface area (Å²) < 4.78 is 0. The average molecular weight is 235 g/mol. The Morgan fingerprint density at radius 3 is 2.24 bits per heavy atom. The largest absolute Gasteiger partial charge is 0.399 e. The Labute approximate surface area is 103 Å². The third-order valence-electron chi connectivity index (χ3n) is 2.87. The molecule has 0 aliphatic rings. The van der Waals surface area contributed by atoms with Gasteiger partial charge in [0.1, 0.15) is 0 Å². The van der Waals surface area contributed by atoms with Crippen LogP contribution in [0.15, 0.2) is 24.3 Å². The molecular weight excluding hydrogens is 214 g/mol. The number of rotatable bonds is 5. The number of nitrogens with two attached hydrogens (primary N) is 1. The molecule has 4 nitrogen and oxygen atoms in total. The second-order valence-electron chi connectivity index (χ2n) is 4.01. The molecule has 1 aromatic rings. The summed E-state index contributed by atoms with van der Waals surface area (Å²) in [6, 6.07) is 7.59. The van der Waals surface area contributed by atoms with E-state index < -0.39 is 0 Å². The van der Waals surface area contributed by atoms with E-state index in [0.29, 0.717) is 6.54 Å². The molecule has 0 unspecified atom stereocenters. The van der Waals surface area contributed by atoms with E-state index in [0.717, 1.165) is 24.5 Å². The number of hydrogen-bond acceptors (Lipinski definition) is 3. The lowest BCUT2D eigenvalue weighted by atomic mass is 10.2. The van der Waals surface area contributed by atoms with Crippen LogP contribution in [0.3, 0.4) is 0 Å². The van der Waals surface area contributed by atoms with E-state index in [4.69, 9.17) is 5.73 Å². The molecule has 1 aromatic carbocycles. The number of nitrogens with zero attached hydrogens (tertiary/aromatic N) is 2. The van der Waals surface area contributed by atoms with Crippen LogP contribution in [0.25, 0.3) is 0 Å². The van der Waals surface area contributed by atoms with E-state index in [1.807, 2.05) is 50.1 Å². The van der Waals surface area contributed by atoms with Gasteiger partial charge in [-0.2, -0.15) is 0 Å². The molecule has 0 saturated carbocycles. The minimum absolute atomic E-state index is 0.131. The van der Waals surface area contributed by atoms with Crippen molar-refractivity contribution in [3.05, 3.63) is 24.3 Å². The smallest absolute Gasteiger partial charge is 0.241 e. The minimum atomic E-state index is 0.131. The molecule has 0 heterocycles. The van der Waals surface area contributed by atoms with Crippen LogP contribution in [0.5, 0.6) is 0 Å². The maximum atomic E-state index is 11.8. The predicted molar refractivity (Wildman–Crippen MR) is 72.1 cm³/mol. The van der Waals surface area contributed by atoms with Crippen molar-refractivity contribution in [3.8, 4) is 0 Å². The van der Waals surface area contributed by atoms with Crippen molar-refractivity contribution in [2.75, 3.05) is 37.3 Å². The van der Waals surface area contributed by atoms with Crippen LogP contribution in [0.4, 0.5) is 11.4 Å². The fourth-order valence-electron chi connectivity index (χ4n) is 1.53. The molecule has 0 saturated heterocycles. The molecule has 0 bridgehead atoms. The van der Waals surface area contributed by atoms with E-state index in [2.05, 4.69) is 0 Å². The molecule has 94 valence electrons. The van der Waals surface area contributed by atoms with Gasteiger partial charge in [-0.3, -0.25) is 4.79 Å². The first-order chi connectivity index (χ1) is 8.08. The van der Waals surface area contributed by atoms with Gasteiger partial charge in [-0.1, -0.05) is 0 Å². The quantitative estimate of drug-likeness (QED) is 0.788. The molecule has 0 atom stereocenters. The lowest BCUT2D eigenvalue weighted by molar-refractivity contribution is -0.128. The number of hydrogen-bond donors (Lipinski definition) is 1. The molecule has 1 amide bonds. The molecule has 0 radical (unpaired) electrons. The van der Waals surface area contributed by atoms with Crippen LogP contribution in [0.1, 0.15) is 13.8 Å². The summed E-state index contributed by atoms with van der Waals surface area (Å²) in [4.78, 5) is 15.6. The number of carbonyl (C=O) groups is 1. The lowest BCUT2D eigenvalue weighted by Crippen LogP contribution is -2.38. The van der Waals surface area contributed by atoms with E-state index in [9.17, 15) is 4.79 Å². The van der Waals surface area contributed by atoms with E-state index in [1.165, 1.54) is 0 Å². The Morgan fingerprint density at radius 1 is 1.18 bits per heavy atom. The molecular formula is C13H21N3O. The molecule has 0 aliphatic heterocycles. The number of amides is 1. The fourth-order valence-corrected chi connectivity index (χ4v) is 1.53. The Morgan fingerprint density at radius 2 is 1.76 bits per heavy atom. The highest BCUT2D eigenvalue weighted by atomic mass is 16.2. The zero-order valence-electron chi connectivity index (χ0n) is 10.8. The zero-order chi connectivity index (χ0) is 12.8. The Balaban J connectivity index is 2.72. The van der Waals surface area contributed by atoms with Crippen LogP contribution in [0, 0.1) is 0 Å². The molecule has 2 N–H and O–H groups in total. The van der Waals surface area contributed by atoms with Crippen LogP contribution < -0.4 is 10.6 Å². The standard InChI is InChI=1S/C13H21N3O/c1-4-15(3)13(17)10-16(5-2)12-8-6-11(14)7-9-12/h6-9H,4-5,10,14H2,1-3H3. The summed E-state index contributed by atoms with van der Waals surface area (Å²) in [5, 5.41) is 0. The number of nitrogen functional groups attached to an aromatic ring is 1. The summed E-state index contributed by atoms with van der Waals surface area (Å²) in [5.74, 6) is 0.131. The first-order valence-electron chi connectivity index (χ1n) is 5.93. The zero-order valence-corrected chi connectivity index (χ0v) is 10.8. The number of likely N-dealkylation sites (N-methyl/N-ethyl adjacent to an activating group) is 2. The van der Waals surface area contributed by atoms with Crippen LogP contribution in [-0.2, 0) is 4.79 Å². The molecule has 17 heavy (non-hydrogen) atoms. The van der Waals surface area contributed by atoms with Gasteiger partial charge in [0.05, 0.1) is 6.54 Å². The maximum Gasteiger partial charge on any atom is 0.241 e. The van der Waals surface area contributed by atoms with Crippen LogP contribution in [0.2, 0.25) is 0 Å². The van der Waals surface area contributed by atoms with Gasteiger partial charge in [0, 0.05) is 31.5 Å². The summed E-state index contributed by atoms with van der Waals surface area (Å²) >= 11 is 0. The van der Waals surface area contributed by atoms with Gasteiger partial charge in [0.25, 0.3) is 0 Å². The maximum absolute atomic E-state index is 11.8. The van der Waals surface area contributed by atoms with Crippen molar-refractivity contribution in [1.29, 1.82) is 0 Å². The Hall–Kier alpha value is -1.71. The van der Waals surface area contributed by atoms with Crippen LogP contribution in [-0.4, -0.2) is 37.5 Å². The van der Waals surface area contributed by atoms with E-state index >= 15 is 0 Å². The van der Waals surface area contributed by atoms with E-state index in [-0.39, 0.29) is 5.91 Å². The van der Waals surface area contributed by atoms with Crippen molar-refractivity contribution < 1.29 is 4.79 Å². The third kappa shape index (κ3) is 3.66. The summed E-state index contributed by atoms with van der Waals surface area (Å²) in [7, 11) is 1.82. The molecule has 0 fully saturated rings. The molecule has 1 rings (SSSR count). The van der Waals surface area contributed by atoms with Crippen molar-refractivity contribution in [3.63, 3.8) is 0 Å². The normalized spacial score (nSPS) is 10.1. The number of carbonyl (C=O) groups excluding carboxylic acids is 1. The van der Waals surface area contributed by atoms with Gasteiger partial charge in [-0.25, -0.2) is 0 Å². The highest BCUT2D eigenvalue weighted by molar-refractivity contribution is 5.81. The monoisotopic (exact) mass is 235 g/mol. The summed E-state index contributed by atoms with van der Waals surface area (Å²) in [6.07, 6.45) is 0. The second-order valence-corrected chi connectivity index (χ2v) is 4.01. The van der Waals surface area contributed by atoms with Crippen molar-refractivity contribution in [1.82, 2.24) is 4.90 Å². The second kappa shape index (κ2) is 6.13. The first kappa shape index (κ1) is 13.4.